The molecular weight excluding hydrogens is 295 g/mol. The molecule has 1 aromatic heterocycles. The van der Waals surface area contributed by atoms with Gasteiger partial charge in [0.25, 0.3) is 9.05 Å². The van der Waals surface area contributed by atoms with Gasteiger partial charge in [-0.05, 0) is 15.9 Å². The monoisotopic (exact) mass is 294 g/mol. The predicted octanol–water partition coefficient (Wildman–Crippen LogP) is 3.09. The zero-order valence-corrected chi connectivity index (χ0v) is 9.58. The Morgan fingerprint density at radius 2 is 2.09 bits per heavy atom. The molecule has 0 aliphatic rings. The molecule has 0 aromatic carbocycles. The van der Waals surface area contributed by atoms with Gasteiger partial charge in [0.15, 0.2) is 0 Å². The van der Waals surface area contributed by atoms with Gasteiger partial charge in [0, 0.05) is 16.1 Å². The van der Waals surface area contributed by atoms with E-state index in [1.165, 1.54) is 5.38 Å². The highest BCUT2D eigenvalue weighted by molar-refractivity contribution is 9.10. The highest BCUT2D eigenvalue weighted by atomic mass is 79.9. The third kappa shape index (κ3) is 2.09. The quantitative estimate of drug-likeness (QED) is 0.746. The Kier molecular flexibility index (Phi) is 2.87. The molecule has 0 saturated carbocycles. The van der Waals surface area contributed by atoms with E-state index in [1.54, 1.807) is 0 Å². The molecule has 0 spiro atoms. The topological polar surface area (TPSA) is 34.1 Å². The molecule has 0 bridgehead atoms. The van der Waals surface area contributed by atoms with Crippen LogP contribution in [0.2, 0.25) is 4.34 Å². The lowest BCUT2D eigenvalue weighted by Crippen LogP contribution is -1.87. The second-order valence-corrected chi connectivity index (χ2v) is 6.43. The van der Waals surface area contributed by atoms with Crippen LogP contribution in [0.15, 0.2) is 14.7 Å². The zero-order chi connectivity index (χ0) is 8.65. The average Bonchev–Trinajstić information content (AvgIpc) is 2.11. The van der Waals surface area contributed by atoms with Crippen LogP contribution in [0.1, 0.15) is 0 Å². The number of rotatable bonds is 1. The third-order valence-corrected chi connectivity index (χ3v) is 5.21. The van der Waals surface area contributed by atoms with Gasteiger partial charge in [-0.1, -0.05) is 11.6 Å². The summed E-state index contributed by atoms with van der Waals surface area (Å²) >= 11 is 9.70. The molecule has 1 rings (SSSR count). The van der Waals surface area contributed by atoms with Crippen LogP contribution in [0, 0.1) is 0 Å². The first-order valence-electron chi connectivity index (χ1n) is 2.30. The van der Waals surface area contributed by atoms with Crippen LogP contribution >= 0.6 is 49.6 Å². The van der Waals surface area contributed by atoms with E-state index in [1.807, 2.05) is 0 Å². The summed E-state index contributed by atoms with van der Waals surface area (Å²) in [6.07, 6.45) is 0. The largest absolute Gasteiger partial charge is 0.263 e. The molecule has 1 aromatic rings. The average molecular weight is 296 g/mol. The van der Waals surface area contributed by atoms with E-state index >= 15 is 0 Å². The minimum absolute atomic E-state index is 0.0224. The van der Waals surface area contributed by atoms with Crippen molar-refractivity contribution in [1.29, 1.82) is 0 Å². The molecule has 11 heavy (non-hydrogen) atoms. The molecule has 7 heteroatoms. The molecule has 0 radical (unpaired) electrons. The van der Waals surface area contributed by atoms with E-state index in [-0.39, 0.29) is 4.90 Å². The van der Waals surface area contributed by atoms with Crippen LogP contribution in [-0.4, -0.2) is 8.42 Å². The lowest BCUT2D eigenvalue weighted by molar-refractivity contribution is 0.609. The van der Waals surface area contributed by atoms with E-state index in [4.69, 9.17) is 22.3 Å². The van der Waals surface area contributed by atoms with Gasteiger partial charge in [0.05, 0.1) is 4.47 Å². The van der Waals surface area contributed by atoms with Crippen LogP contribution in [-0.2, 0) is 9.05 Å². The normalized spacial score (nSPS) is 11.9. The molecule has 62 valence electrons. The van der Waals surface area contributed by atoms with E-state index in [0.717, 1.165) is 11.3 Å². The first-order chi connectivity index (χ1) is 4.93. The Balaban J connectivity index is 3.38. The van der Waals surface area contributed by atoms with Gasteiger partial charge in [-0.25, -0.2) is 8.42 Å². The Morgan fingerprint density at radius 1 is 1.55 bits per heavy atom. The van der Waals surface area contributed by atoms with Gasteiger partial charge in [-0.3, -0.25) is 0 Å². The number of halogens is 3. The first-order valence-corrected chi connectivity index (χ1v) is 6.66. The summed E-state index contributed by atoms with van der Waals surface area (Å²) < 4.78 is 22.2. The molecule has 0 N–H and O–H groups in total. The van der Waals surface area contributed by atoms with Gasteiger partial charge >= 0.3 is 0 Å². The fraction of sp³-hybridized carbons (Fsp3) is 0. The van der Waals surface area contributed by atoms with Crippen LogP contribution in [0.4, 0.5) is 0 Å². The first kappa shape index (κ1) is 9.80. The third-order valence-electron chi connectivity index (χ3n) is 0.921. The summed E-state index contributed by atoms with van der Waals surface area (Å²) in [4.78, 5) is 0.0224. The molecule has 0 atom stereocenters. The highest BCUT2D eigenvalue weighted by Gasteiger charge is 2.18. The Morgan fingerprint density at radius 3 is 2.27 bits per heavy atom. The standard InChI is InChI=1S/C4HBrCl2O2S2/c5-3-2(11(7,8)9)1-10-4(3)6/h1H. The predicted molar refractivity (Wildman–Crippen MR) is 50.1 cm³/mol. The molecule has 1 heterocycles. The van der Waals surface area contributed by atoms with Gasteiger partial charge in [-0.15, -0.1) is 11.3 Å². The van der Waals surface area contributed by atoms with Crippen molar-refractivity contribution < 1.29 is 8.42 Å². The Bertz CT molecular complexity index is 369. The fourth-order valence-electron chi connectivity index (χ4n) is 0.470. The molecule has 0 saturated heterocycles. The summed E-state index contributed by atoms with van der Waals surface area (Å²) in [6.45, 7) is 0. The molecule has 0 aliphatic heterocycles. The Labute approximate surface area is 85.7 Å². The number of hydrogen-bond acceptors (Lipinski definition) is 3. The zero-order valence-electron chi connectivity index (χ0n) is 4.84. The summed E-state index contributed by atoms with van der Waals surface area (Å²) in [5, 5.41) is 1.38. The van der Waals surface area contributed by atoms with Crippen molar-refractivity contribution in [3.8, 4) is 0 Å². The van der Waals surface area contributed by atoms with Gasteiger partial charge in [0.2, 0.25) is 0 Å². The highest BCUT2D eigenvalue weighted by Crippen LogP contribution is 2.36. The van der Waals surface area contributed by atoms with Crippen molar-refractivity contribution in [1.82, 2.24) is 0 Å². The maximum atomic E-state index is 10.8. The summed E-state index contributed by atoms with van der Waals surface area (Å²) in [5.74, 6) is 0. The van der Waals surface area contributed by atoms with E-state index in [2.05, 4.69) is 15.9 Å². The fourth-order valence-corrected chi connectivity index (χ4v) is 4.31. The summed E-state index contributed by atoms with van der Waals surface area (Å²) in [7, 11) is 1.41. The smallest absolute Gasteiger partial charge is 0.207 e. The summed E-state index contributed by atoms with van der Waals surface area (Å²) in [5.41, 5.74) is 0. The molecule has 2 nitrogen and oxygen atoms in total. The molecule has 0 aliphatic carbocycles. The summed E-state index contributed by atoms with van der Waals surface area (Å²) in [6, 6.07) is 0. The van der Waals surface area contributed by atoms with Gasteiger partial charge in [-0.2, -0.15) is 0 Å². The van der Waals surface area contributed by atoms with E-state index in [0.29, 0.717) is 8.81 Å². The minimum atomic E-state index is -3.66. The maximum Gasteiger partial charge on any atom is 0.263 e. The van der Waals surface area contributed by atoms with Crippen molar-refractivity contribution >= 4 is 58.6 Å². The SMILES string of the molecule is O=S(=O)(Cl)c1csc(Cl)c1Br. The second kappa shape index (κ2) is 3.22. The lowest BCUT2D eigenvalue weighted by atomic mass is 10.7. The van der Waals surface area contributed by atoms with Crippen LogP contribution in [0.3, 0.4) is 0 Å². The van der Waals surface area contributed by atoms with Crippen molar-refractivity contribution in [2.45, 2.75) is 4.90 Å². The maximum absolute atomic E-state index is 10.8. The van der Waals surface area contributed by atoms with Crippen molar-refractivity contribution in [2.24, 2.45) is 0 Å². The molecule has 0 amide bonds. The van der Waals surface area contributed by atoms with Crippen molar-refractivity contribution in [2.75, 3.05) is 0 Å². The van der Waals surface area contributed by atoms with Crippen LogP contribution in [0.25, 0.3) is 0 Å². The number of thiophene rings is 1. The minimum Gasteiger partial charge on any atom is -0.207 e. The van der Waals surface area contributed by atoms with Crippen molar-refractivity contribution in [3.05, 3.63) is 14.2 Å². The van der Waals surface area contributed by atoms with E-state index < -0.39 is 9.05 Å². The second-order valence-electron chi connectivity index (χ2n) is 1.63. The Hall–Kier alpha value is 0.710. The van der Waals surface area contributed by atoms with Gasteiger partial charge in [0.1, 0.15) is 9.23 Å². The van der Waals surface area contributed by atoms with Crippen molar-refractivity contribution in [3.63, 3.8) is 0 Å². The molecule has 0 fully saturated rings. The van der Waals surface area contributed by atoms with Gasteiger partial charge < -0.3 is 0 Å². The number of hydrogen-bond donors (Lipinski definition) is 0. The van der Waals surface area contributed by atoms with Crippen LogP contribution < -0.4 is 0 Å². The molecule has 0 unspecified atom stereocenters. The van der Waals surface area contributed by atoms with Crippen LogP contribution in [0.5, 0.6) is 0 Å². The lowest BCUT2D eigenvalue weighted by Gasteiger charge is -1.89. The molecular formula is C4HBrCl2O2S2. The van der Waals surface area contributed by atoms with E-state index in [9.17, 15) is 8.42 Å².